The Labute approximate surface area is 214 Å². The van der Waals surface area contributed by atoms with E-state index in [2.05, 4.69) is 5.32 Å². The molecule has 0 unspecified atom stereocenters. The predicted octanol–water partition coefficient (Wildman–Crippen LogP) is 5.90. The van der Waals surface area contributed by atoms with Gasteiger partial charge in [-0.15, -0.1) is 11.8 Å². The summed E-state index contributed by atoms with van der Waals surface area (Å²) in [4.78, 5) is 30.2. The van der Waals surface area contributed by atoms with Crippen LogP contribution in [0.5, 0.6) is 5.75 Å². The third-order valence-electron chi connectivity index (χ3n) is 6.53. The number of hydrogen-bond acceptors (Lipinski definition) is 4. The molecule has 0 aromatic heterocycles. The first-order chi connectivity index (χ1) is 17.1. The van der Waals surface area contributed by atoms with Crippen molar-refractivity contribution < 1.29 is 18.7 Å². The highest BCUT2D eigenvalue weighted by Crippen LogP contribution is 2.60. The molecule has 1 atom stereocenters. The van der Waals surface area contributed by atoms with Crippen molar-refractivity contribution in [1.82, 2.24) is 4.90 Å². The van der Waals surface area contributed by atoms with Crippen LogP contribution in [-0.2, 0) is 16.2 Å². The summed E-state index contributed by atoms with van der Waals surface area (Å²) in [6, 6.07) is 18.8. The summed E-state index contributed by atoms with van der Waals surface area (Å²) in [5, 5.41) is 2.97. The Morgan fingerprint density at radius 2 is 1.78 bits per heavy atom. The second-order valence-corrected chi connectivity index (χ2v) is 11.7. The van der Waals surface area contributed by atoms with Crippen LogP contribution in [0.2, 0.25) is 0 Å². The zero-order valence-corrected chi connectivity index (χ0v) is 21.5. The molecule has 0 bridgehead atoms. The van der Waals surface area contributed by atoms with Crippen molar-refractivity contribution in [3.05, 3.63) is 89.2 Å². The fraction of sp³-hybridized carbons (Fsp3) is 0.286. The highest BCUT2D eigenvalue weighted by molar-refractivity contribution is 8.02. The quantitative estimate of drug-likeness (QED) is 0.480. The number of fused-ring (bicyclic) bond motifs is 2. The van der Waals surface area contributed by atoms with Crippen LogP contribution in [0.15, 0.2) is 66.7 Å². The summed E-state index contributed by atoms with van der Waals surface area (Å²) < 4.78 is 18.4. The van der Waals surface area contributed by atoms with Crippen LogP contribution in [0, 0.1) is 12.7 Å². The molecule has 1 spiro atoms. The molecular weight excluding hydrogens is 477 g/mol. The van der Waals surface area contributed by atoms with Crippen LogP contribution in [-0.4, -0.2) is 35.2 Å². The average Bonchev–Trinajstić information content (AvgIpc) is 3.27. The number of carbonyl (C=O) groups excluding carboxylic acids is 2. The van der Waals surface area contributed by atoms with Crippen molar-refractivity contribution in [3.8, 4) is 5.75 Å². The number of nitrogens with zero attached hydrogens (tertiary/aromatic N) is 2. The second-order valence-electron chi connectivity index (χ2n) is 9.79. The molecule has 6 nitrogen and oxygen atoms in total. The number of carbonyl (C=O) groups is 2. The van der Waals surface area contributed by atoms with E-state index in [4.69, 9.17) is 4.74 Å². The molecule has 5 rings (SSSR count). The van der Waals surface area contributed by atoms with Crippen LogP contribution in [0.3, 0.4) is 0 Å². The Morgan fingerprint density at radius 3 is 2.44 bits per heavy atom. The summed E-state index contributed by atoms with van der Waals surface area (Å²) in [7, 11) is 1.59. The Bertz CT molecular complexity index is 1330. The van der Waals surface area contributed by atoms with Gasteiger partial charge in [-0.2, -0.15) is 0 Å². The van der Waals surface area contributed by atoms with Gasteiger partial charge in [0.05, 0.1) is 19.3 Å². The molecule has 8 heteroatoms. The first kappa shape index (κ1) is 24.2. The summed E-state index contributed by atoms with van der Waals surface area (Å²) in [6.45, 7) is 6.75. The van der Waals surface area contributed by atoms with Gasteiger partial charge in [-0.25, -0.2) is 9.18 Å². The van der Waals surface area contributed by atoms with Crippen molar-refractivity contribution in [1.29, 1.82) is 0 Å². The van der Waals surface area contributed by atoms with Crippen LogP contribution in [0.4, 0.5) is 20.6 Å². The number of rotatable bonds is 4. The van der Waals surface area contributed by atoms with E-state index < -0.39 is 4.87 Å². The maximum atomic E-state index is 14.3. The van der Waals surface area contributed by atoms with Crippen LogP contribution in [0.25, 0.3) is 0 Å². The zero-order chi connectivity index (χ0) is 25.7. The van der Waals surface area contributed by atoms with Crippen molar-refractivity contribution in [3.63, 3.8) is 0 Å². The number of amides is 3. The fourth-order valence-corrected chi connectivity index (χ4v) is 6.63. The SMILES string of the molecule is COc1ccc(NC(=O)N2CC(C)(C)S[C@]23C(=O)N(Cc2ccc(F)cc2)c2ccc(C)cc23)cc1. The van der Waals surface area contributed by atoms with Gasteiger partial charge < -0.3 is 15.0 Å². The molecule has 2 aliphatic rings. The van der Waals surface area contributed by atoms with Gasteiger partial charge in [0, 0.05) is 22.5 Å². The highest BCUT2D eigenvalue weighted by atomic mass is 32.2. The van der Waals surface area contributed by atoms with Crippen LogP contribution < -0.4 is 15.0 Å². The molecule has 2 aliphatic heterocycles. The Hall–Kier alpha value is -3.52. The number of hydrogen-bond donors (Lipinski definition) is 1. The monoisotopic (exact) mass is 505 g/mol. The van der Waals surface area contributed by atoms with Crippen molar-refractivity contribution in [2.24, 2.45) is 0 Å². The number of benzene rings is 3. The number of methoxy groups -OCH3 is 1. The lowest BCUT2D eigenvalue weighted by molar-refractivity contribution is -0.123. The zero-order valence-electron chi connectivity index (χ0n) is 20.7. The predicted molar refractivity (Wildman–Crippen MR) is 141 cm³/mol. The molecule has 186 valence electrons. The second kappa shape index (κ2) is 8.85. The molecular formula is C28H28FN3O3S. The lowest BCUT2D eigenvalue weighted by Crippen LogP contribution is -2.51. The summed E-state index contributed by atoms with van der Waals surface area (Å²) in [6.07, 6.45) is 0. The molecule has 1 fully saturated rings. The molecule has 1 N–H and O–H groups in total. The molecule has 3 aromatic carbocycles. The minimum atomic E-state index is -1.21. The Morgan fingerprint density at radius 1 is 1.08 bits per heavy atom. The standard InChI is InChI=1S/C28H28FN3O3S/c1-18-5-14-24-23(15-18)28(25(33)31(24)16-19-6-8-20(29)9-7-19)32(17-27(2,3)36-28)26(34)30-21-10-12-22(35-4)13-11-21/h5-15H,16-17H2,1-4H3,(H,30,34)/t28-/m1/s1. The van der Waals surface area contributed by atoms with E-state index in [-0.39, 0.29) is 29.0 Å². The number of nitrogens with one attached hydrogen (secondary N) is 1. The lowest BCUT2D eigenvalue weighted by Gasteiger charge is -2.33. The van der Waals surface area contributed by atoms with Gasteiger partial charge in [-0.3, -0.25) is 9.69 Å². The number of thioether (sulfide) groups is 1. The molecule has 0 saturated carbocycles. The van der Waals surface area contributed by atoms with Crippen LogP contribution >= 0.6 is 11.8 Å². The molecule has 36 heavy (non-hydrogen) atoms. The van der Waals surface area contributed by atoms with Gasteiger partial charge >= 0.3 is 6.03 Å². The fourth-order valence-electron chi connectivity index (χ4n) is 4.91. The number of anilines is 2. The lowest BCUT2D eigenvalue weighted by atomic mass is 10.0. The van der Waals surface area contributed by atoms with Crippen molar-refractivity contribution >= 4 is 35.1 Å². The smallest absolute Gasteiger partial charge is 0.323 e. The first-order valence-electron chi connectivity index (χ1n) is 11.7. The number of ether oxygens (including phenoxy) is 1. The molecule has 3 aromatic rings. The van der Waals surface area contributed by atoms with Gasteiger partial charge in [0.25, 0.3) is 5.91 Å². The van der Waals surface area contributed by atoms with E-state index in [0.29, 0.717) is 18.0 Å². The Balaban J connectivity index is 1.55. The highest BCUT2D eigenvalue weighted by Gasteiger charge is 2.63. The van der Waals surface area contributed by atoms with Crippen LogP contribution in [0.1, 0.15) is 30.5 Å². The van der Waals surface area contributed by atoms with E-state index in [0.717, 1.165) is 22.4 Å². The van der Waals surface area contributed by atoms with E-state index >= 15 is 0 Å². The van der Waals surface area contributed by atoms with E-state index in [9.17, 15) is 14.0 Å². The minimum absolute atomic E-state index is 0.173. The van der Waals surface area contributed by atoms with E-state index in [1.54, 1.807) is 53.3 Å². The normalized spacial score (nSPS) is 20.1. The van der Waals surface area contributed by atoms with Crippen molar-refractivity contribution in [2.45, 2.75) is 36.9 Å². The topological polar surface area (TPSA) is 61.9 Å². The van der Waals surface area contributed by atoms with Gasteiger partial charge in [-0.05, 0) is 68.8 Å². The van der Waals surface area contributed by atoms with E-state index in [1.807, 2.05) is 39.0 Å². The van der Waals surface area contributed by atoms with Gasteiger partial charge in [-0.1, -0.05) is 29.8 Å². The third kappa shape index (κ3) is 4.09. The molecule has 0 aliphatic carbocycles. The molecule has 3 amide bonds. The average molecular weight is 506 g/mol. The number of halogens is 1. The summed E-state index contributed by atoms with van der Waals surface area (Å²) >= 11 is 1.50. The van der Waals surface area contributed by atoms with Gasteiger partial charge in [0.1, 0.15) is 11.6 Å². The van der Waals surface area contributed by atoms with Gasteiger partial charge in [0.15, 0.2) is 4.87 Å². The van der Waals surface area contributed by atoms with E-state index in [1.165, 1.54) is 23.9 Å². The number of urea groups is 1. The first-order valence-corrected chi connectivity index (χ1v) is 12.5. The molecule has 0 radical (unpaired) electrons. The maximum absolute atomic E-state index is 14.3. The Kier molecular flexibility index (Phi) is 5.95. The number of aryl methyl sites for hydroxylation is 1. The maximum Gasteiger partial charge on any atom is 0.323 e. The third-order valence-corrected chi connectivity index (χ3v) is 8.12. The minimum Gasteiger partial charge on any atom is -0.497 e. The molecule has 2 heterocycles. The summed E-state index contributed by atoms with van der Waals surface area (Å²) in [5.41, 5.74) is 4.00. The van der Waals surface area contributed by atoms with Crippen molar-refractivity contribution in [2.75, 3.05) is 23.9 Å². The molecule has 1 saturated heterocycles. The van der Waals surface area contributed by atoms with Gasteiger partial charge in [0.2, 0.25) is 0 Å². The summed E-state index contributed by atoms with van der Waals surface area (Å²) in [5.74, 6) is 0.190. The largest absolute Gasteiger partial charge is 0.497 e.